The van der Waals surface area contributed by atoms with Gasteiger partial charge in [-0.2, -0.15) is 0 Å². The van der Waals surface area contributed by atoms with Gasteiger partial charge in [0.1, 0.15) is 0 Å². The van der Waals surface area contributed by atoms with Crippen molar-refractivity contribution < 1.29 is 67.7 Å². The zero-order valence-electron chi connectivity index (χ0n) is 26.5. The maximum Gasteiger partial charge on any atom is -1.00 e. The van der Waals surface area contributed by atoms with Crippen LogP contribution in [0.5, 0.6) is 0 Å². The molecule has 0 bridgehead atoms. The maximum absolute atomic E-state index is 13.3. The number of allylic oxidation sites excluding steroid dienone is 2. The van der Waals surface area contributed by atoms with Gasteiger partial charge in [0.25, 0.3) is 0 Å². The van der Waals surface area contributed by atoms with Crippen LogP contribution in [0.1, 0.15) is 74.9 Å². The van der Waals surface area contributed by atoms with E-state index in [9.17, 15) is 26.3 Å². The predicted molar refractivity (Wildman–Crippen MR) is 170 cm³/mol. The van der Waals surface area contributed by atoms with Gasteiger partial charge in [0, 0.05) is 0 Å². The molecule has 1 aliphatic heterocycles. The summed E-state index contributed by atoms with van der Waals surface area (Å²) in [6, 6.07) is 23.6. The standard InChI is InChI=1S/2C18H14F3.C3H6.2ClH.Ti/c2*1-2-12-10-14-4-3-5-16(17(14)11-12)13-6-8-15(9-7-13)18(19,20)21;1-3-2;;;/h2*3-11H,2H2,1H3;1-3H2;2*1H;/q;;;;;+2/p-2. The Labute approximate surface area is 293 Å². The van der Waals surface area contributed by atoms with E-state index in [2.05, 4.69) is 50.3 Å². The largest absolute Gasteiger partial charge is 1.00 e. The number of fused-ring (bicyclic) bond motifs is 2. The Kier molecular flexibility index (Phi) is 10.3. The fraction of sp³-hybridized carbons (Fsp3) is 0.282. The number of rotatable bonds is 6. The summed E-state index contributed by atoms with van der Waals surface area (Å²) in [7, 11) is 0. The summed E-state index contributed by atoms with van der Waals surface area (Å²) in [5.74, 6) is 0. The molecule has 48 heavy (non-hydrogen) atoms. The van der Waals surface area contributed by atoms with Crippen molar-refractivity contribution in [3.63, 3.8) is 0 Å². The van der Waals surface area contributed by atoms with Crippen molar-refractivity contribution in [2.24, 2.45) is 0 Å². The topological polar surface area (TPSA) is 0 Å². The molecular formula is C39H34Cl2F6Ti. The molecule has 9 heteroatoms. The first-order chi connectivity index (χ1) is 22.0. The van der Waals surface area contributed by atoms with Crippen LogP contribution in [-0.4, -0.2) is 0 Å². The van der Waals surface area contributed by atoms with Crippen LogP contribution in [0, 0.1) is 0 Å². The summed E-state index contributed by atoms with van der Waals surface area (Å²) in [4.78, 5) is 0. The molecule has 4 aromatic carbocycles. The van der Waals surface area contributed by atoms with Gasteiger partial charge in [-0.15, -0.1) is 0 Å². The zero-order valence-corrected chi connectivity index (χ0v) is 29.5. The van der Waals surface area contributed by atoms with E-state index in [1.807, 2.05) is 12.1 Å². The van der Waals surface area contributed by atoms with Gasteiger partial charge in [-0.25, -0.2) is 0 Å². The van der Waals surface area contributed by atoms with Crippen LogP contribution in [0.2, 0.25) is 9.45 Å². The van der Waals surface area contributed by atoms with Gasteiger partial charge in [-0.1, -0.05) is 0 Å². The molecule has 1 fully saturated rings. The molecule has 0 saturated carbocycles. The SMILES string of the molecule is CCC1=Cc2c(-c3ccc(C(F)(F)F)cc3)cccc2[CH]1[Ti+2]1([CH]2C(CC)=Cc3c(-c4ccc(C(F)(F)F)cc4)cccc32)[CH2]C[CH2]1.[Cl-].[Cl-]. The second kappa shape index (κ2) is 13.5. The second-order valence-corrected chi connectivity index (χ2v) is 20.1. The quantitative estimate of drug-likeness (QED) is 0.150. The third-order valence-electron chi connectivity index (χ3n) is 10.6. The second-order valence-electron chi connectivity index (χ2n) is 12.9. The zero-order chi connectivity index (χ0) is 32.4. The Morgan fingerprint density at radius 1 is 0.562 bits per heavy atom. The third kappa shape index (κ3) is 6.01. The van der Waals surface area contributed by atoms with Crippen LogP contribution >= 0.6 is 0 Å². The van der Waals surface area contributed by atoms with E-state index in [1.165, 1.54) is 62.4 Å². The molecule has 7 rings (SSSR count). The molecule has 0 aromatic heterocycles. The molecule has 2 aliphatic carbocycles. The van der Waals surface area contributed by atoms with E-state index in [4.69, 9.17) is 0 Å². The Bertz CT molecular complexity index is 1730. The van der Waals surface area contributed by atoms with Crippen LogP contribution in [-0.2, 0) is 28.9 Å². The first-order valence-electron chi connectivity index (χ1n) is 16.0. The minimum absolute atomic E-state index is 0. The summed E-state index contributed by atoms with van der Waals surface area (Å²) in [5, 5.41) is 0. The van der Waals surface area contributed by atoms with Crippen LogP contribution in [0.15, 0.2) is 96.1 Å². The number of alkyl halides is 6. The molecule has 2 atom stereocenters. The van der Waals surface area contributed by atoms with Crippen LogP contribution in [0.25, 0.3) is 34.4 Å². The van der Waals surface area contributed by atoms with Crippen molar-refractivity contribution in [1.82, 2.24) is 0 Å². The van der Waals surface area contributed by atoms with E-state index in [0.717, 1.165) is 46.2 Å². The Hall–Kier alpha value is -2.77. The summed E-state index contributed by atoms with van der Waals surface area (Å²) in [5.41, 5.74) is 9.98. The van der Waals surface area contributed by atoms with Gasteiger partial charge in [0.15, 0.2) is 0 Å². The fourth-order valence-corrected chi connectivity index (χ4v) is 18.5. The van der Waals surface area contributed by atoms with Crippen LogP contribution in [0.3, 0.4) is 0 Å². The van der Waals surface area contributed by atoms with E-state index >= 15 is 0 Å². The molecule has 3 aliphatic rings. The summed E-state index contributed by atoms with van der Waals surface area (Å²) < 4.78 is 83.0. The Balaban J connectivity index is 0.00000225. The van der Waals surface area contributed by atoms with Gasteiger partial charge < -0.3 is 24.8 Å². The van der Waals surface area contributed by atoms with E-state index in [1.54, 1.807) is 24.3 Å². The molecule has 0 spiro atoms. The van der Waals surface area contributed by atoms with Gasteiger partial charge in [-0.05, 0) is 0 Å². The van der Waals surface area contributed by atoms with Gasteiger partial charge in [0.2, 0.25) is 0 Å². The normalized spacial score (nSPS) is 18.6. The smallest absolute Gasteiger partial charge is 1.00 e. The molecule has 250 valence electrons. The molecule has 1 saturated heterocycles. The molecule has 4 aromatic rings. The van der Waals surface area contributed by atoms with E-state index < -0.39 is 40.1 Å². The molecular weight excluding hydrogens is 701 g/mol. The monoisotopic (exact) mass is 734 g/mol. The van der Waals surface area contributed by atoms with Crippen molar-refractivity contribution in [3.8, 4) is 22.3 Å². The number of halogens is 8. The fourth-order valence-electron chi connectivity index (χ4n) is 8.41. The van der Waals surface area contributed by atoms with Crippen molar-refractivity contribution in [1.29, 1.82) is 0 Å². The first kappa shape index (κ1) is 36.5. The predicted octanol–water partition coefficient (Wildman–Crippen LogP) is 6.86. The summed E-state index contributed by atoms with van der Waals surface area (Å²) in [6.07, 6.45) is -1.09. The van der Waals surface area contributed by atoms with E-state index in [0.29, 0.717) is 8.45 Å². The van der Waals surface area contributed by atoms with Crippen LogP contribution < -0.4 is 24.8 Å². The minimum atomic E-state index is -4.38. The molecule has 1 heterocycles. The minimum Gasteiger partial charge on any atom is -1.00 e. The Morgan fingerprint density at radius 3 is 1.23 bits per heavy atom. The summed E-state index contributed by atoms with van der Waals surface area (Å²) in [6.45, 7) is 4.41. The first-order valence-corrected chi connectivity index (χ1v) is 20.0. The average Bonchev–Trinajstić information content (AvgIpc) is 3.59. The van der Waals surface area contributed by atoms with Crippen molar-refractivity contribution >= 4 is 12.2 Å². The van der Waals surface area contributed by atoms with E-state index in [-0.39, 0.29) is 24.8 Å². The molecule has 0 N–H and O–H groups in total. The summed E-state index contributed by atoms with van der Waals surface area (Å²) >= 11 is -2.81. The van der Waals surface area contributed by atoms with Crippen molar-refractivity contribution in [2.45, 2.75) is 63.4 Å². The number of benzene rings is 4. The van der Waals surface area contributed by atoms with Crippen molar-refractivity contribution in [3.05, 3.63) is 129 Å². The van der Waals surface area contributed by atoms with Gasteiger partial charge >= 0.3 is 270 Å². The Morgan fingerprint density at radius 2 is 0.938 bits per heavy atom. The molecule has 0 amide bonds. The van der Waals surface area contributed by atoms with Crippen LogP contribution in [0.4, 0.5) is 26.3 Å². The number of hydrogen-bond donors (Lipinski definition) is 0. The number of hydrogen-bond acceptors (Lipinski definition) is 0. The van der Waals surface area contributed by atoms with Gasteiger partial charge in [0.05, 0.1) is 0 Å². The average molecular weight is 735 g/mol. The van der Waals surface area contributed by atoms with Crippen molar-refractivity contribution in [2.75, 3.05) is 0 Å². The molecule has 0 radical (unpaired) electrons. The maximum atomic E-state index is 13.3. The molecule has 0 nitrogen and oxygen atoms in total. The molecule has 2 unspecified atom stereocenters. The van der Waals surface area contributed by atoms with Gasteiger partial charge in [-0.3, -0.25) is 0 Å². The third-order valence-corrected chi connectivity index (χ3v) is 20.3.